The minimum absolute atomic E-state index is 0. The molecule has 0 aromatic rings. The van der Waals surface area contributed by atoms with Crippen molar-refractivity contribution in [3.05, 3.63) is 0 Å². The van der Waals surface area contributed by atoms with Crippen molar-refractivity contribution in [1.29, 1.82) is 0 Å². The van der Waals surface area contributed by atoms with Crippen LogP contribution in [0.1, 0.15) is 12.8 Å². The van der Waals surface area contributed by atoms with Gasteiger partial charge in [0.1, 0.15) is 0 Å². The summed E-state index contributed by atoms with van der Waals surface area (Å²) in [5, 5.41) is 0. The van der Waals surface area contributed by atoms with E-state index in [0.29, 0.717) is 0 Å². The summed E-state index contributed by atoms with van der Waals surface area (Å²) < 4.78 is 65.1. The second kappa shape index (κ2) is 9.67. The van der Waals surface area contributed by atoms with Gasteiger partial charge in [0.15, 0.2) is 0 Å². The summed E-state index contributed by atoms with van der Waals surface area (Å²) in [6.07, 6.45) is 2.43. The van der Waals surface area contributed by atoms with E-state index in [1.807, 2.05) is 0 Å². The monoisotopic (exact) mass is 546 g/mol. The first-order valence-corrected chi connectivity index (χ1v) is 12.0. The number of rotatable bonds is 0. The molecule has 4 aliphatic heterocycles. The van der Waals surface area contributed by atoms with Crippen LogP contribution in [0, 0.1) is 0 Å². The molecule has 4 aliphatic rings. The zero-order valence-corrected chi connectivity index (χ0v) is 19.9. The average molecular weight is 546 g/mol. The van der Waals surface area contributed by atoms with Gasteiger partial charge in [-0.3, -0.25) is 9.80 Å². The Kier molecular flexibility index (Phi) is 9.13. The summed E-state index contributed by atoms with van der Waals surface area (Å²) in [7, 11) is -6.21. The quantitative estimate of drug-likeness (QED) is 0.140. The van der Waals surface area contributed by atoms with E-state index < -0.39 is 19.4 Å². The van der Waals surface area contributed by atoms with Gasteiger partial charge in [0.05, 0.1) is 13.1 Å². The predicted molar refractivity (Wildman–Crippen MR) is 99.4 cm³/mol. The second-order valence-corrected chi connectivity index (χ2v) is 10.5. The van der Waals surface area contributed by atoms with Crippen molar-refractivity contribution in [2.75, 3.05) is 79.5 Å². The third-order valence-electron chi connectivity index (χ3n) is 5.67. The molecular weight excluding hydrogens is 516 g/mol. The fourth-order valence-corrected chi connectivity index (χ4v) is 3.97. The first-order valence-electron chi connectivity index (χ1n) is 10.0. The fourth-order valence-electron chi connectivity index (χ4n) is 3.97. The molecule has 0 saturated carbocycles. The Morgan fingerprint density at radius 3 is 1.31 bits per heavy atom. The summed E-state index contributed by atoms with van der Waals surface area (Å²) in [5.41, 5.74) is 0. The van der Waals surface area contributed by atoms with Gasteiger partial charge in [-0.25, -0.2) is 0 Å². The van der Waals surface area contributed by atoms with Crippen LogP contribution in [0.25, 0.3) is 0 Å². The fraction of sp³-hybridized carbons (Fsp3) is 1.00. The Morgan fingerprint density at radius 1 is 0.625 bits per heavy atom. The Hall–Kier alpha value is 0.179. The van der Waals surface area contributed by atoms with Crippen LogP contribution in [0.4, 0.5) is 25.2 Å². The summed E-state index contributed by atoms with van der Waals surface area (Å²) in [6.45, 7) is 10.5. The van der Waals surface area contributed by atoms with Crippen LogP contribution in [0.5, 0.6) is 0 Å². The van der Waals surface area contributed by atoms with Gasteiger partial charge in [0, 0.05) is 26.2 Å². The molecule has 4 atom stereocenters. The number of ether oxygens (including phenoxy) is 1. The van der Waals surface area contributed by atoms with E-state index in [4.69, 9.17) is 14.5 Å². The maximum atomic E-state index is 9.87. The van der Waals surface area contributed by atoms with E-state index in [0.717, 1.165) is 65.4 Å². The molecular formula is C16H30F7FeN4O3P. The van der Waals surface area contributed by atoms with Gasteiger partial charge in [0.2, 0.25) is 0 Å². The second-order valence-electron chi connectivity index (χ2n) is 8.60. The third-order valence-corrected chi connectivity index (χ3v) is 5.67. The van der Waals surface area contributed by atoms with Gasteiger partial charge in [-0.1, -0.05) is 0 Å². The Labute approximate surface area is 193 Å². The van der Waals surface area contributed by atoms with Crippen molar-refractivity contribution < 1.29 is 61.5 Å². The van der Waals surface area contributed by atoms with E-state index >= 15 is 0 Å². The number of epoxide rings is 1. The van der Waals surface area contributed by atoms with E-state index in [-0.39, 0.29) is 21.8 Å². The van der Waals surface area contributed by atoms with E-state index in [2.05, 4.69) is 33.7 Å². The van der Waals surface area contributed by atoms with E-state index in [1.165, 1.54) is 12.8 Å². The van der Waals surface area contributed by atoms with Crippen molar-refractivity contribution in [3.63, 3.8) is 0 Å². The number of likely N-dealkylation sites (N-methyl/N-ethyl adjacent to an activating group) is 2. The average Bonchev–Trinajstić information content (AvgIpc) is 3.00. The minimum atomic E-state index is -10.7. The molecule has 0 aromatic carbocycles. The summed E-state index contributed by atoms with van der Waals surface area (Å²) >= 11 is 0. The molecule has 0 N–H and O–H groups in total. The number of fused-ring (bicyclic) bond motifs is 4. The predicted octanol–water partition coefficient (Wildman–Crippen LogP) is 0.0299. The van der Waals surface area contributed by atoms with Crippen LogP contribution < -0.4 is 4.70 Å². The summed E-state index contributed by atoms with van der Waals surface area (Å²) in [6, 6.07) is 0. The van der Waals surface area contributed by atoms with Gasteiger partial charge in [-0.2, -0.15) is 9.78 Å². The Balaban J connectivity index is 0.000000501. The number of hydrogen-bond acceptors (Lipinski definition) is 7. The molecule has 16 heteroatoms. The molecule has 0 aromatic heterocycles. The molecule has 0 radical (unpaired) electrons. The third kappa shape index (κ3) is 9.44. The van der Waals surface area contributed by atoms with Crippen LogP contribution in [0.3, 0.4) is 0 Å². The topological polar surface area (TPSA) is 44.0 Å². The number of hydrogen-bond donors (Lipinski definition) is 0. The van der Waals surface area contributed by atoms with Crippen molar-refractivity contribution in [2.24, 2.45) is 0 Å². The van der Waals surface area contributed by atoms with E-state index in [9.17, 15) is 25.2 Å². The van der Waals surface area contributed by atoms with Crippen molar-refractivity contribution >= 4 is 7.81 Å². The van der Waals surface area contributed by atoms with Crippen LogP contribution in [0.2, 0.25) is 0 Å². The first kappa shape index (κ1) is 30.2. The zero-order chi connectivity index (χ0) is 22.3. The Morgan fingerprint density at radius 2 is 0.969 bits per heavy atom. The maximum absolute atomic E-state index is 10.7. The van der Waals surface area contributed by atoms with Gasteiger partial charge in [-0.15, -0.1) is 0 Å². The van der Waals surface area contributed by atoms with Crippen molar-refractivity contribution in [3.8, 4) is 0 Å². The van der Waals surface area contributed by atoms with Crippen LogP contribution in [-0.2, 0) is 31.6 Å². The first-order chi connectivity index (χ1) is 13.6. The molecule has 4 saturated heterocycles. The SMILES string of the molecule is CN1CCCN(C)CCN2CCCN(CC1)C[C@@]13OO[C@]1(C2)O3.F[P-](F)(F)(F)(F)F.[F-].[Fe+2]. The van der Waals surface area contributed by atoms with Gasteiger partial charge >= 0.3 is 50.1 Å². The molecule has 2 bridgehead atoms. The van der Waals surface area contributed by atoms with Crippen LogP contribution in [-0.4, -0.2) is 111 Å². The van der Waals surface area contributed by atoms with Crippen molar-refractivity contribution in [2.45, 2.75) is 24.4 Å². The normalized spacial score (nSPS) is 38.6. The Bertz CT molecular complexity index is 591. The number of nitrogens with zero attached hydrogens (tertiary/aromatic N) is 4. The largest absolute Gasteiger partial charge is 2.00 e. The molecule has 7 nitrogen and oxygen atoms in total. The summed E-state index contributed by atoms with van der Waals surface area (Å²) in [5.74, 6) is -1.000. The standard InChI is InChI=1S/C16H30N4O3.F6P.FH.Fe/c1-17-5-3-6-18(2)10-12-20-8-4-7-19(11-9-17)13-15-16(14-20,21-15)23-22-15;1-7(2,3,4,5)6;;/h3-14H2,1-2H3;;1H;/q;-1;;+2/p-1/t15-,16+;;;. The molecule has 2 unspecified atom stereocenters. The zero-order valence-electron chi connectivity index (χ0n) is 17.9. The van der Waals surface area contributed by atoms with Crippen LogP contribution >= 0.6 is 7.81 Å². The molecule has 0 spiro atoms. The van der Waals surface area contributed by atoms with Gasteiger partial charge < -0.3 is 19.2 Å². The smallest absolute Gasteiger partial charge is 1.00 e. The molecule has 194 valence electrons. The molecule has 0 aliphatic carbocycles. The molecule has 4 rings (SSSR count). The molecule has 4 heterocycles. The van der Waals surface area contributed by atoms with E-state index in [1.54, 1.807) is 0 Å². The summed E-state index contributed by atoms with van der Waals surface area (Å²) in [4.78, 5) is 20.7. The molecule has 4 fully saturated rings. The maximum Gasteiger partial charge on any atom is 2.00 e. The number of halogens is 7. The van der Waals surface area contributed by atoms with Crippen LogP contribution in [0.15, 0.2) is 0 Å². The van der Waals surface area contributed by atoms with Crippen molar-refractivity contribution in [1.82, 2.24) is 19.6 Å². The van der Waals surface area contributed by atoms with Gasteiger partial charge in [-0.05, 0) is 53.1 Å². The molecule has 0 amide bonds. The van der Waals surface area contributed by atoms with Gasteiger partial charge in [0.25, 0.3) is 11.6 Å². The minimum Gasteiger partial charge on any atom is -1.00 e. The molecule has 32 heavy (non-hydrogen) atoms.